The predicted molar refractivity (Wildman–Crippen MR) is 80.0 cm³/mol. The second-order valence-electron chi connectivity index (χ2n) is 6.53. The van der Waals surface area contributed by atoms with Crippen molar-refractivity contribution < 1.29 is 27.8 Å². The van der Waals surface area contributed by atoms with Crippen LogP contribution < -0.4 is 10.1 Å². The number of hydrogen-bond donors (Lipinski definition) is 2. The normalized spacial score (nSPS) is 13.5. The Morgan fingerprint density at radius 1 is 1.22 bits per heavy atom. The summed E-state index contributed by atoms with van der Waals surface area (Å²) in [4.78, 5) is 11.6. The van der Waals surface area contributed by atoms with E-state index in [4.69, 9.17) is 4.74 Å². The van der Waals surface area contributed by atoms with Crippen molar-refractivity contribution in [3.8, 4) is 5.75 Å². The van der Waals surface area contributed by atoms with Crippen LogP contribution in [0.3, 0.4) is 0 Å². The van der Waals surface area contributed by atoms with Gasteiger partial charge >= 0.3 is 6.18 Å². The maximum Gasteiger partial charge on any atom is 0.416 e. The van der Waals surface area contributed by atoms with Crippen LogP contribution in [0.5, 0.6) is 5.75 Å². The summed E-state index contributed by atoms with van der Waals surface area (Å²) < 4.78 is 42.4. The van der Waals surface area contributed by atoms with E-state index in [0.717, 1.165) is 12.1 Å². The fourth-order valence-corrected chi connectivity index (χ4v) is 1.77. The molecule has 0 unspecified atom stereocenters. The Bertz CT molecular complexity index is 507. The Hall–Kier alpha value is -1.76. The van der Waals surface area contributed by atoms with E-state index in [0.29, 0.717) is 6.42 Å². The van der Waals surface area contributed by atoms with Gasteiger partial charge in [-0.05, 0) is 29.7 Å². The van der Waals surface area contributed by atoms with E-state index in [1.54, 1.807) is 0 Å². The number of ether oxygens (including phenoxy) is 1. The molecule has 130 valence electrons. The molecule has 0 spiro atoms. The second kappa shape index (κ2) is 7.68. The van der Waals surface area contributed by atoms with Crippen LogP contribution in [0.25, 0.3) is 0 Å². The van der Waals surface area contributed by atoms with Crippen LogP contribution >= 0.6 is 0 Å². The number of rotatable bonds is 6. The summed E-state index contributed by atoms with van der Waals surface area (Å²) in [6.45, 7) is 5.68. The highest BCUT2D eigenvalue weighted by Gasteiger charge is 2.30. The van der Waals surface area contributed by atoms with Gasteiger partial charge in [-0.2, -0.15) is 13.2 Å². The van der Waals surface area contributed by atoms with Crippen LogP contribution in [0.2, 0.25) is 0 Å². The lowest BCUT2D eigenvalue weighted by Gasteiger charge is -2.18. The predicted octanol–water partition coefficient (Wildman–Crippen LogP) is 3.00. The van der Waals surface area contributed by atoms with Gasteiger partial charge in [0.1, 0.15) is 18.5 Å². The van der Waals surface area contributed by atoms with Crippen molar-refractivity contribution in [2.24, 2.45) is 5.41 Å². The van der Waals surface area contributed by atoms with Gasteiger partial charge in [0.05, 0.1) is 5.56 Å². The fourth-order valence-electron chi connectivity index (χ4n) is 1.77. The molecule has 0 aliphatic heterocycles. The molecule has 1 amide bonds. The van der Waals surface area contributed by atoms with Crippen molar-refractivity contribution in [3.05, 3.63) is 29.8 Å². The summed E-state index contributed by atoms with van der Waals surface area (Å²) >= 11 is 0. The molecule has 4 nitrogen and oxygen atoms in total. The minimum absolute atomic E-state index is 0.0234. The molecular weight excluding hydrogens is 311 g/mol. The second-order valence-corrected chi connectivity index (χ2v) is 6.53. The molecule has 0 saturated heterocycles. The zero-order valence-electron chi connectivity index (χ0n) is 13.4. The zero-order valence-corrected chi connectivity index (χ0v) is 13.4. The first-order valence-electron chi connectivity index (χ1n) is 7.22. The molecule has 0 aromatic heterocycles. The molecule has 0 aliphatic carbocycles. The van der Waals surface area contributed by atoms with Gasteiger partial charge in [-0.3, -0.25) is 4.79 Å². The van der Waals surface area contributed by atoms with Crippen molar-refractivity contribution in [1.82, 2.24) is 5.32 Å². The molecule has 0 heterocycles. The number of aliphatic hydroxyl groups is 1. The molecule has 1 aromatic carbocycles. The molecular formula is C16H22F3NO3. The molecule has 0 radical (unpaired) electrons. The summed E-state index contributed by atoms with van der Waals surface area (Å²) in [6, 6.07) is 4.20. The highest BCUT2D eigenvalue weighted by Crippen LogP contribution is 2.30. The highest BCUT2D eigenvalue weighted by atomic mass is 19.4. The summed E-state index contributed by atoms with van der Waals surface area (Å²) in [6.07, 6.45) is -5.00. The summed E-state index contributed by atoms with van der Waals surface area (Å²) in [5, 5.41) is 12.3. The molecule has 0 saturated carbocycles. The molecule has 7 heteroatoms. The highest BCUT2D eigenvalue weighted by molar-refractivity contribution is 5.76. The van der Waals surface area contributed by atoms with Crippen molar-refractivity contribution >= 4 is 5.91 Å². The number of carbonyl (C=O) groups excluding carboxylic acids is 1. The SMILES string of the molecule is CC(C)(C)CC(=O)NC[C@H](O)COc1ccc(C(F)(F)F)cc1. The molecule has 0 aliphatic rings. The zero-order chi connectivity index (χ0) is 17.7. The van der Waals surface area contributed by atoms with Crippen LogP contribution in [-0.4, -0.2) is 30.3 Å². The first kappa shape index (κ1) is 19.3. The molecule has 23 heavy (non-hydrogen) atoms. The van der Waals surface area contributed by atoms with Crippen LogP contribution in [-0.2, 0) is 11.0 Å². The Labute approximate surface area is 133 Å². The number of carbonyl (C=O) groups is 1. The fraction of sp³-hybridized carbons (Fsp3) is 0.562. The van der Waals surface area contributed by atoms with Gasteiger partial charge in [-0.25, -0.2) is 0 Å². The van der Waals surface area contributed by atoms with Crippen molar-refractivity contribution in [3.63, 3.8) is 0 Å². The van der Waals surface area contributed by atoms with E-state index < -0.39 is 17.8 Å². The van der Waals surface area contributed by atoms with Crippen LogP contribution in [0, 0.1) is 5.41 Å². The summed E-state index contributed by atoms with van der Waals surface area (Å²) in [5.74, 6) is 0.0455. The van der Waals surface area contributed by atoms with E-state index >= 15 is 0 Å². The van der Waals surface area contributed by atoms with Gasteiger partial charge in [0.15, 0.2) is 0 Å². The number of benzene rings is 1. The van der Waals surface area contributed by atoms with Crippen molar-refractivity contribution in [2.75, 3.05) is 13.2 Å². The lowest BCUT2D eigenvalue weighted by molar-refractivity contribution is -0.137. The Morgan fingerprint density at radius 3 is 2.26 bits per heavy atom. The third kappa shape index (κ3) is 7.88. The molecule has 1 atom stereocenters. The Balaban J connectivity index is 2.36. The van der Waals surface area contributed by atoms with E-state index in [9.17, 15) is 23.1 Å². The topological polar surface area (TPSA) is 58.6 Å². The molecule has 2 N–H and O–H groups in total. The van der Waals surface area contributed by atoms with E-state index in [2.05, 4.69) is 5.32 Å². The Kier molecular flexibility index (Phi) is 6.44. The lowest BCUT2D eigenvalue weighted by atomic mass is 9.92. The van der Waals surface area contributed by atoms with Gasteiger partial charge in [0.25, 0.3) is 0 Å². The van der Waals surface area contributed by atoms with Gasteiger partial charge < -0.3 is 15.2 Å². The molecule has 1 rings (SSSR count). The number of halogens is 3. The van der Waals surface area contributed by atoms with Crippen LogP contribution in [0.15, 0.2) is 24.3 Å². The van der Waals surface area contributed by atoms with Crippen molar-refractivity contribution in [1.29, 1.82) is 0 Å². The smallest absolute Gasteiger partial charge is 0.416 e. The van der Waals surface area contributed by atoms with Gasteiger partial charge in [-0.1, -0.05) is 20.8 Å². The number of nitrogens with one attached hydrogen (secondary N) is 1. The third-order valence-corrected chi connectivity index (χ3v) is 2.85. The largest absolute Gasteiger partial charge is 0.491 e. The first-order chi connectivity index (χ1) is 10.5. The number of amides is 1. The quantitative estimate of drug-likeness (QED) is 0.841. The Morgan fingerprint density at radius 2 is 1.78 bits per heavy atom. The van der Waals surface area contributed by atoms with Crippen LogP contribution in [0.4, 0.5) is 13.2 Å². The number of alkyl halides is 3. The van der Waals surface area contributed by atoms with Gasteiger partial charge in [-0.15, -0.1) is 0 Å². The standard InChI is InChI=1S/C16H22F3NO3/c1-15(2,3)8-14(22)20-9-12(21)10-23-13-6-4-11(5-7-13)16(17,18)19/h4-7,12,21H,8-10H2,1-3H3,(H,20,22)/t12-/m0/s1. The average molecular weight is 333 g/mol. The third-order valence-electron chi connectivity index (χ3n) is 2.85. The molecule has 0 bridgehead atoms. The molecule has 0 fully saturated rings. The van der Waals surface area contributed by atoms with Crippen LogP contribution in [0.1, 0.15) is 32.8 Å². The van der Waals surface area contributed by atoms with E-state index in [-0.39, 0.29) is 30.2 Å². The maximum absolute atomic E-state index is 12.4. The molecule has 1 aromatic rings. The summed E-state index contributed by atoms with van der Waals surface area (Å²) in [7, 11) is 0. The maximum atomic E-state index is 12.4. The van der Waals surface area contributed by atoms with Crippen molar-refractivity contribution in [2.45, 2.75) is 39.5 Å². The number of aliphatic hydroxyl groups excluding tert-OH is 1. The van der Waals surface area contributed by atoms with E-state index in [1.165, 1.54) is 12.1 Å². The van der Waals surface area contributed by atoms with Gasteiger partial charge in [0.2, 0.25) is 5.91 Å². The average Bonchev–Trinajstić information content (AvgIpc) is 2.40. The first-order valence-corrected chi connectivity index (χ1v) is 7.22. The number of hydrogen-bond acceptors (Lipinski definition) is 3. The minimum Gasteiger partial charge on any atom is -0.491 e. The van der Waals surface area contributed by atoms with E-state index in [1.807, 2.05) is 20.8 Å². The minimum atomic E-state index is -4.39. The lowest BCUT2D eigenvalue weighted by Crippen LogP contribution is -2.36. The van der Waals surface area contributed by atoms with Gasteiger partial charge in [0, 0.05) is 13.0 Å². The monoisotopic (exact) mass is 333 g/mol. The summed E-state index contributed by atoms with van der Waals surface area (Å²) in [5.41, 5.74) is -0.911.